The minimum absolute atomic E-state index is 0.531. The van der Waals surface area contributed by atoms with Gasteiger partial charge in [-0.05, 0) is 25.1 Å². The third-order valence-electron chi connectivity index (χ3n) is 1.19. The van der Waals surface area contributed by atoms with Gasteiger partial charge in [0.15, 0.2) is 0 Å². The van der Waals surface area contributed by atoms with Gasteiger partial charge in [0.05, 0.1) is 6.61 Å². The molecule has 0 aromatic rings. The summed E-state index contributed by atoms with van der Waals surface area (Å²) in [4.78, 5) is 18.9. The number of hydrogen-bond donors (Lipinski definition) is 4. The van der Waals surface area contributed by atoms with Crippen molar-refractivity contribution in [2.75, 3.05) is 13.2 Å². The summed E-state index contributed by atoms with van der Waals surface area (Å²) in [6.07, 6.45) is 0.649. The Morgan fingerprint density at radius 3 is 2.24 bits per heavy atom. The Labute approximate surface area is 106 Å². The Balaban J connectivity index is 0. The topological polar surface area (TPSA) is 114 Å². The molecule has 17 heavy (non-hydrogen) atoms. The van der Waals surface area contributed by atoms with E-state index in [-0.39, 0.29) is 0 Å². The van der Waals surface area contributed by atoms with Crippen LogP contribution in [0, 0.1) is 0 Å². The first-order chi connectivity index (χ1) is 7.93. The molecule has 0 radical (unpaired) electrons. The number of carbonyl (C=O) groups excluding carboxylic acids is 1. The van der Waals surface area contributed by atoms with Crippen LogP contribution in [0.25, 0.3) is 0 Å². The molecule has 100 valence electrons. The van der Waals surface area contributed by atoms with Gasteiger partial charge in [-0.1, -0.05) is 13.8 Å². The fourth-order valence-corrected chi connectivity index (χ4v) is 0.764. The molecule has 8 heteroatoms. The van der Waals surface area contributed by atoms with E-state index >= 15 is 0 Å². The maximum atomic E-state index is 9.54. The molecule has 0 aromatic heterocycles. The summed E-state index contributed by atoms with van der Waals surface area (Å²) in [5, 5.41) is 12.5. The summed E-state index contributed by atoms with van der Waals surface area (Å²) in [7, 11) is 0. The van der Waals surface area contributed by atoms with E-state index in [1.807, 2.05) is 0 Å². The molecule has 0 aliphatic heterocycles. The average molecular weight is 265 g/mol. The number of primary amides is 1. The van der Waals surface area contributed by atoms with E-state index in [1.165, 1.54) is 5.32 Å². The molecule has 0 aliphatic carbocycles. The second-order valence-corrected chi connectivity index (χ2v) is 3.23. The summed E-state index contributed by atoms with van der Waals surface area (Å²) >= 11 is 4.85. The van der Waals surface area contributed by atoms with E-state index in [2.05, 4.69) is 24.9 Å². The quantitative estimate of drug-likeness (QED) is 0.565. The molecule has 0 saturated heterocycles. The predicted octanol–water partition coefficient (Wildman–Crippen LogP) is 1.03. The summed E-state index contributed by atoms with van der Waals surface area (Å²) < 4.78 is 5.11. The second kappa shape index (κ2) is 12.5. The van der Waals surface area contributed by atoms with Gasteiger partial charge in [-0.3, -0.25) is 0 Å². The first-order valence-electron chi connectivity index (χ1n) is 5.14. The van der Waals surface area contributed by atoms with Crippen molar-refractivity contribution >= 4 is 29.5 Å². The van der Waals surface area contributed by atoms with E-state index in [1.54, 1.807) is 0 Å². The van der Waals surface area contributed by atoms with Crippen molar-refractivity contribution in [3.8, 4) is 0 Å². The number of urea groups is 1. The van der Waals surface area contributed by atoms with Gasteiger partial charge in [-0.15, -0.1) is 0 Å². The molecule has 0 aromatic carbocycles. The van der Waals surface area contributed by atoms with Gasteiger partial charge >= 0.3 is 12.1 Å². The first-order valence-corrected chi connectivity index (χ1v) is 5.54. The number of nitrogens with one attached hydrogen (secondary N) is 2. The number of carbonyl (C=O) groups is 2. The smallest absolute Gasteiger partial charge is 0.412 e. The maximum absolute atomic E-state index is 9.54. The van der Waals surface area contributed by atoms with E-state index < -0.39 is 12.1 Å². The normalized spacial score (nSPS) is 8.35. The Kier molecular flexibility index (Phi) is 13.1. The lowest BCUT2D eigenvalue weighted by atomic mass is 10.5. The van der Waals surface area contributed by atoms with Gasteiger partial charge in [0.1, 0.15) is 0 Å². The molecule has 0 aliphatic rings. The highest BCUT2D eigenvalue weighted by Crippen LogP contribution is 1.82. The minimum atomic E-state index is -1.44. The molecule has 0 heterocycles. The van der Waals surface area contributed by atoms with Crippen LogP contribution in [0.4, 0.5) is 9.59 Å². The summed E-state index contributed by atoms with van der Waals surface area (Å²) in [5.74, 6) is 0. The first kappa shape index (κ1) is 17.8. The van der Waals surface area contributed by atoms with E-state index in [0.29, 0.717) is 5.17 Å². The van der Waals surface area contributed by atoms with Crippen LogP contribution >= 0.6 is 12.2 Å². The number of hydrogen-bond acceptors (Lipinski definition) is 4. The standard InChI is InChI=1S/C7H15NOS.C2H4N2O3/c1-3-5-8-7(10)9-6-4-2;3-1(5)4-2(6)7/h3-6H2,1-2H3,(H,8,10);(H,6,7)(H3,3,4,5). The van der Waals surface area contributed by atoms with Crippen molar-refractivity contribution in [1.29, 1.82) is 0 Å². The number of carboxylic acid groups (broad SMARTS) is 1. The molecule has 0 bridgehead atoms. The highest BCUT2D eigenvalue weighted by molar-refractivity contribution is 7.80. The molecule has 7 nitrogen and oxygen atoms in total. The largest absolute Gasteiger partial charge is 0.471 e. The van der Waals surface area contributed by atoms with Crippen LogP contribution in [0.15, 0.2) is 0 Å². The zero-order valence-corrected chi connectivity index (χ0v) is 10.8. The highest BCUT2D eigenvalue weighted by atomic mass is 32.1. The van der Waals surface area contributed by atoms with Crippen LogP contribution in [-0.4, -0.2) is 35.6 Å². The molecule has 0 rings (SSSR count). The summed E-state index contributed by atoms with van der Waals surface area (Å²) in [6.45, 7) is 5.77. The van der Waals surface area contributed by atoms with Crippen LogP contribution in [0.5, 0.6) is 0 Å². The number of nitrogens with two attached hydrogens (primary N) is 1. The van der Waals surface area contributed by atoms with Crippen molar-refractivity contribution in [3.05, 3.63) is 0 Å². The van der Waals surface area contributed by atoms with Crippen LogP contribution < -0.4 is 16.4 Å². The lowest BCUT2D eigenvalue weighted by molar-refractivity contribution is 0.193. The zero-order valence-electron chi connectivity index (χ0n) is 9.99. The third kappa shape index (κ3) is 20.5. The van der Waals surface area contributed by atoms with Gasteiger partial charge in [0.25, 0.3) is 5.17 Å². The number of amides is 3. The number of thiocarbonyl (C=S) groups is 1. The molecule has 0 unspecified atom stereocenters. The molecule has 5 N–H and O–H groups in total. The lowest BCUT2D eigenvalue weighted by Crippen LogP contribution is -2.33. The van der Waals surface area contributed by atoms with Crippen molar-refractivity contribution in [2.45, 2.75) is 26.7 Å². The Morgan fingerprint density at radius 1 is 1.35 bits per heavy atom. The molecular formula is C9H19N3O4S. The molecule has 0 saturated carbocycles. The zero-order chi connectivity index (χ0) is 13.7. The second-order valence-electron chi connectivity index (χ2n) is 2.86. The molecule has 3 amide bonds. The Morgan fingerprint density at radius 2 is 1.94 bits per heavy atom. The number of imide groups is 1. The third-order valence-corrected chi connectivity index (χ3v) is 1.45. The lowest BCUT2D eigenvalue weighted by Gasteiger charge is -2.06. The van der Waals surface area contributed by atoms with Gasteiger partial charge < -0.3 is 20.9 Å². The van der Waals surface area contributed by atoms with Crippen molar-refractivity contribution in [1.82, 2.24) is 10.6 Å². The average Bonchev–Trinajstić information content (AvgIpc) is 2.22. The van der Waals surface area contributed by atoms with Crippen LogP contribution in [-0.2, 0) is 4.74 Å². The molecule has 0 atom stereocenters. The molecular weight excluding hydrogens is 246 g/mol. The maximum Gasteiger partial charge on any atom is 0.412 e. The van der Waals surface area contributed by atoms with Gasteiger partial charge in [-0.2, -0.15) is 0 Å². The summed E-state index contributed by atoms with van der Waals surface area (Å²) in [6, 6.07) is -1.06. The van der Waals surface area contributed by atoms with E-state index in [9.17, 15) is 9.59 Å². The SMILES string of the molecule is CCCNC(=S)OCCC.NC(=O)NC(=O)O. The number of ether oxygens (including phenoxy) is 1. The van der Waals surface area contributed by atoms with Crippen molar-refractivity contribution in [2.24, 2.45) is 5.73 Å². The van der Waals surface area contributed by atoms with E-state index in [4.69, 9.17) is 22.1 Å². The predicted molar refractivity (Wildman–Crippen MR) is 67.9 cm³/mol. The van der Waals surface area contributed by atoms with Gasteiger partial charge in [-0.25, -0.2) is 14.9 Å². The van der Waals surface area contributed by atoms with Gasteiger partial charge in [0.2, 0.25) is 0 Å². The fourth-order valence-electron chi connectivity index (χ4n) is 0.578. The van der Waals surface area contributed by atoms with Crippen LogP contribution in [0.3, 0.4) is 0 Å². The van der Waals surface area contributed by atoms with Crippen molar-refractivity contribution < 1.29 is 19.4 Å². The Hall–Kier alpha value is -1.57. The van der Waals surface area contributed by atoms with Crippen molar-refractivity contribution in [3.63, 3.8) is 0 Å². The van der Waals surface area contributed by atoms with Crippen LogP contribution in [0.1, 0.15) is 26.7 Å². The highest BCUT2D eigenvalue weighted by Gasteiger charge is 1.94. The monoisotopic (exact) mass is 265 g/mol. The minimum Gasteiger partial charge on any atom is -0.471 e. The van der Waals surface area contributed by atoms with E-state index in [0.717, 1.165) is 26.0 Å². The fraction of sp³-hybridized carbons (Fsp3) is 0.667. The summed E-state index contributed by atoms with van der Waals surface area (Å²) in [5.41, 5.74) is 4.36. The Bertz CT molecular complexity index is 226. The molecule has 0 fully saturated rings. The van der Waals surface area contributed by atoms with Gasteiger partial charge in [0, 0.05) is 6.54 Å². The number of rotatable bonds is 4. The van der Waals surface area contributed by atoms with Crippen LogP contribution in [0.2, 0.25) is 0 Å². The molecule has 0 spiro atoms.